The zero-order chi connectivity index (χ0) is 12.5. The van der Waals surface area contributed by atoms with E-state index in [0.717, 1.165) is 5.56 Å². The molecule has 88 valence electrons. The first-order valence-corrected chi connectivity index (χ1v) is 7.33. The quantitative estimate of drug-likeness (QED) is 0.629. The number of nitrogens with zero attached hydrogens (tertiary/aromatic N) is 1. The van der Waals surface area contributed by atoms with Crippen molar-refractivity contribution in [3.63, 3.8) is 0 Å². The lowest BCUT2D eigenvalue weighted by Gasteiger charge is -2.06. The van der Waals surface area contributed by atoms with Gasteiger partial charge in [0.05, 0.1) is 4.90 Å². The van der Waals surface area contributed by atoms with Crippen LogP contribution in [0.1, 0.15) is 0 Å². The minimum absolute atomic E-state index is 0.0367. The normalized spacial score (nSPS) is 11.4. The van der Waals surface area contributed by atoms with Gasteiger partial charge in [-0.15, -0.1) is 0 Å². The Hall–Kier alpha value is -1.10. The van der Waals surface area contributed by atoms with Gasteiger partial charge in [-0.1, -0.05) is 41.9 Å². The Morgan fingerprint density at radius 1 is 1.12 bits per heavy atom. The third-order valence-corrected chi connectivity index (χ3v) is 3.75. The number of benzene rings is 1. The second-order valence-corrected chi connectivity index (χ2v) is 6.23. The van der Waals surface area contributed by atoms with Gasteiger partial charge in [0.1, 0.15) is 5.15 Å². The van der Waals surface area contributed by atoms with E-state index in [-0.39, 0.29) is 10.0 Å². The van der Waals surface area contributed by atoms with Crippen LogP contribution in [0.4, 0.5) is 0 Å². The van der Waals surface area contributed by atoms with Crippen LogP contribution in [0, 0.1) is 0 Å². The number of hydrogen-bond acceptors (Lipinski definition) is 3. The largest absolute Gasteiger partial charge is 0.262 e. The molecule has 0 bridgehead atoms. The third kappa shape index (κ3) is 2.77. The summed E-state index contributed by atoms with van der Waals surface area (Å²) in [5.74, 6) is 0. The van der Waals surface area contributed by atoms with Crippen LogP contribution in [0.3, 0.4) is 0 Å². The summed E-state index contributed by atoms with van der Waals surface area (Å²) in [4.78, 5) is 3.84. The summed E-state index contributed by atoms with van der Waals surface area (Å²) >= 11 is 5.68. The Labute approximate surface area is 108 Å². The predicted octanol–water partition coefficient (Wildman–Crippen LogP) is 3.33. The summed E-state index contributed by atoms with van der Waals surface area (Å²) in [6, 6.07) is 10.2. The lowest BCUT2D eigenvalue weighted by atomic mass is 10.1. The molecule has 0 N–H and O–H groups in total. The van der Waals surface area contributed by atoms with Gasteiger partial charge < -0.3 is 0 Å². The van der Waals surface area contributed by atoms with E-state index in [2.05, 4.69) is 4.98 Å². The van der Waals surface area contributed by atoms with Gasteiger partial charge in [0, 0.05) is 22.4 Å². The average Bonchev–Trinajstić information content (AvgIpc) is 2.29. The first-order valence-electron chi connectivity index (χ1n) is 4.64. The van der Waals surface area contributed by atoms with Crippen molar-refractivity contribution in [2.45, 2.75) is 4.90 Å². The first-order chi connectivity index (χ1) is 7.98. The number of pyridine rings is 1. The fraction of sp³-hybridized carbons (Fsp3) is 0. The second kappa shape index (κ2) is 4.64. The highest BCUT2D eigenvalue weighted by atomic mass is 35.7. The number of aromatic nitrogens is 1. The molecule has 0 aliphatic heterocycles. The van der Waals surface area contributed by atoms with Gasteiger partial charge >= 0.3 is 0 Å². The van der Waals surface area contributed by atoms with Crippen LogP contribution in [-0.4, -0.2) is 13.4 Å². The molecule has 1 aromatic carbocycles. The van der Waals surface area contributed by atoms with Gasteiger partial charge in [-0.2, -0.15) is 0 Å². The number of hydrogen-bond donors (Lipinski definition) is 0. The highest BCUT2D eigenvalue weighted by molar-refractivity contribution is 8.13. The van der Waals surface area contributed by atoms with Crippen LogP contribution in [0.25, 0.3) is 11.1 Å². The summed E-state index contributed by atoms with van der Waals surface area (Å²) in [6.45, 7) is 0. The van der Waals surface area contributed by atoms with Gasteiger partial charge in [-0.25, -0.2) is 13.4 Å². The monoisotopic (exact) mass is 287 g/mol. The SMILES string of the molecule is O=S(=O)(Cl)c1cc(Cl)ncc1-c1ccccc1. The minimum atomic E-state index is -3.86. The van der Waals surface area contributed by atoms with Crippen molar-refractivity contribution in [1.82, 2.24) is 4.98 Å². The fourth-order valence-corrected chi connectivity index (χ4v) is 2.74. The summed E-state index contributed by atoms with van der Waals surface area (Å²) in [6.07, 6.45) is 1.40. The van der Waals surface area contributed by atoms with Gasteiger partial charge in [0.15, 0.2) is 0 Å². The highest BCUT2D eigenvalue weighted by Crippen LogP contribution is 2.30. The molecule has 17 heavy (non-hydrogen) atoms. The molecule has 0 atom stereocenters. The van der Waals surface area contributed by atoms with E-state index in [1.165, 1.54) is 12.3 Å². The molecule has 0 aliphatic carbocycles. The Bertz CT molecular complexity index is 642. The van der Waals surface area contributed by atoms with E-state index < -0.39 is 9.05 Å². The molecule has 6 heteroatoms. The van der Waals surface area contributed by atoms with Gasteiger partial charge in [-0.3, -0.25) is 0 Å². The molecular formula is C11H7Cl2NO2S. The molecule has 3 nitrogen and oxygen atoms in total. The third-order valence-electron chi connectivity index (χ3n) is 2.18. The van der Waals surface area contributed by atoms with Crippen molar-refractivity contribution < 1.29 is 8.42 Å². The van der Waals surface area contributed by atoms with Crippen LogP contribution in [0.5, 0.6) is 0 Å². The molecule has 0 spiro atoms. The van der Waals surface area contributed by atoms with E-state index in [1.54, 1.807) is 24.3 Å². The molecule has 0 aliphatic rings. The summed E-state index contributed by atoms with van der Waals surface area (Å²) in [5, 5.41) is 0.0870. The average molecular weight is 288 g/mol. The lowest BCUT2D eigenvalue weighted by molar-refractivity contribution is 0.609. The maximum Gasteiger partial charge on any atom is 0.262 e. The maximum absolute atomic E-state index is 11.5. The molecule has 0 saturated heterocycles. The summed E-state index contributed by atoms with van der Waals surface area (Å²) in [7, 11) is 1.52. The van der Waals surface area contributed by atoms with E-state index in [4.69, 9.17) is 22.3 Å². The van der Waals surface area contributed by atoms with E-state index >= 15 is 0 Å². The predicted molar refractivity (Wildman–Crippen MR) is 67.7 cm³/mol. The van der Waals surface area contributed by atoms with Crippen molar-refractivity contribution >= 4 is 31.3 Å². The van der Waals surface area contributed by atoms with Crippen molar-refractivity contribution in [2.24, 2.45) is 0 Å². The fourth-order valence-electron chi connectivity index (χ4n) is 1.45. The van der Waals surface area contributed by atoms with Crippen LogP contribution in [0.15, 0.2) is 47.5 Å². The second-order valence-electron chi connectivity index (χ2n) is 3.31. The highest BCUT2D eigenvalue weighted by Gasteiger charge is 2.17. The molecule has 1 heterocycles. The van der Waals surface area contributed by atoms with Crippen molar-refractivity contribution in [3.8, 4) is 11.1 Å². The van der Waals surface area contributed by atoms with Gasteiger partial charge in [-0.05, 0) is 11.6 Å². The molecule has 0 fully saturated rings. The molecule has 0 saturated carbocycles. The van der Waals surface area contributed by atoms with Crippen LogP contribution >= 0.6 is 22.3 Å². The van der Waals surface area contributed by atoms with Crippen LogP contribution in [0.2, 0.25) is 5.15 Å². The molecule has 1 aromatic heterocycles. The molecule has 0 amide bonds. The standard InChI is InChI=1S/C11H7Cl2NO2S/c12-11-6-10(17(13,15)16)9(7-14-11)8-4-2-1-3-5-8/h1-7H. The molecule has 0 radical (unpaired) electrons. The van der Waals surface area contributed by atoms with E-state index in [9.17, 15) is 8.42 Å². The summed E-state index contributed by atoms with van der Waals surface area (Å²) in [5.41, 5.74) is 1.15. The topological polar surface area (TPSA) is 47.0 Å². The Morgan fingerprint density at radius 3 is 2.35 bits per heavy atom. The van der Waals surface area contributed by atoms with Crippen molar-refractivity contribution in [2.75, 3.05) is 0 Å². The lowest BCUT2D eigenvalue weighted by Crippen LogP contribution is -1.96. The summed E-state index contributed by atoms with van der Waals surface area (Å²) < 4.78 is 22.9. The Kier molecular flexibility index (Phi) is 3.38. The Balaban J connectivity index is 2.71. The van der Waals surface area contributed by atoms with Crippen molar-refractivity contribution in [1.29, 1.82) is 0 Å². The van der Waals surface area contributed by atoms with Crippen molar-refractivity contribution in [3.05, 3.63) is 47.7 Å². The van der Waals surface area contributed by atoms with Crippen LogP contribution in [-0.2, 0) is 9.05 Å². The zero-order valence-electron chi connectivity index (χ0n) is 8.47. The van der Waals surface area contributed by atoms with Crippen LogP contribution < -0.4 is 0 Å². The molecule has 2 aromatic rings. The molecular weight excluding hydrogens is 281 g/mol. The smallest absolute Gasteiger partial charge is 0.244 e. The van der Waals surface area contributed by atoms with Gasteiger partial charge in [0.2, 0.25) is 0 Å². The maximum atomic E-state index is 11.5. The van der Waals surface area contributed by atoms with Gasteiger partial charge in [0.25, 0.3) is 9.05 Å². The minimum Gasteiger partial charge on any atom is -0.244 e. The first kappa shape index (κ1) is 12.4. The zero-order valence-corrected chi connectivity index (χ0v) is 10.8. The number of rotatable bonds is 2. The van der Waals surface area contributed by atoms with E-state index in [0.29, 0.717) is 5.56 Å². The molecule has 0 unspecified atom stereocenters. The van der Waals surface area contributed by atoms with E-state index in [1.807, 2.05) is 6.07 Å². The molecule has 2 rings (SSSR count). The number of halogens is 2. The Morgan fingerprint density at radius 2 is 1.76 bits per heavy atom.